The maximum absolute atomic E-state index is 12.5. The van der Waals surface area contributed by atoms with Crippen LogP contribution in [0.3, 0.4) is 0 Å². The summed E-state index contributed by atoms with van der Waals surface area (Å²) in [5.74, 6) is 0.139. The molecule has 0 radical (unpaired) electrons. The molecule has 1 aliphatic rings. The number of aromatic nitrogens is 1. The van der Waals surface area contributed by atoms with E-state index in [0.717, 1.165) is 17.5 Å². The number of pyridine rings is 1. The highest BCUT2D eigenvalue weighted by molar-refractivity contribution is 6.42. The predicted octanol–water partition coefficient (Wildman–Crippen LogP) is 3.92. The molecule has 0 aliphatic carbocycles. The van der Waals surface area contributed by atoms with Crippen LogP contribution in [0.25, 0.3) is 0 Å². The van der Waals surface area contributed by atoms with Crippen LogP contribution in [-0.4, -0.2) is 35.5 Å². The lowest BCUT2D eigenvalue weighted by Crippen LogP contribution is -2.42. The van der Waals surface area contributed by atoms with Gasteiger partial charge in [0.25, 0.3) is 0 Å². The number of carbonyl (C=O) groups excluding carboxylic acids is 1. The molecule has 0 N–H and O–H groups in total. The van der Waals surface area contributed by atoms with Gasteiger partial charge in [-0.3, -0.25) is 9.78 Å². The summed E-state index contributed by atoms with van der Waals surface area (Å²) < 4.78 is 5.80. The maximum Gasteiger partial charge on any atom is 0.223 e. The molecule has 1 atom stereocenters. The van der Waals surface area contributed by atoms with Crippen molar-refractivity contribution < 1.29 is 9.53 Å². The van der Waals surface area contributed by atoms with Gasteiger partial charge in [0.2, 0.25) is 5.91 Å². The van der Waals surface area contributed by atoms with Crippen LogP contribution in [0.15, 0.2) is 42.7 Å². The van der Waals surface area contributed by atoms with Gasteiger partial charge in [-0.1, -0.05) is 29.3 Å². The third-order valence-electron chi connectivity index (χ3n) is 4.11. The first-order valence-corrected chi connectivity index (χ1v) is 8.62. The fourth-order valence-corrected chi connectivity index (χ4v) is 3.06. The molecule has 4 nitrogen and oxygen atoms in total. The molecule has 0 spiro atoms. The predicted molar refractivity (Wildman–Crippen MR) is 94.3 cm³/mol. The van der Waals surface area contributed by atoms with Gasteiger partial charge in [-0.25, -0.2) is 0 Å². The molecule has 126 valence electrons. The summed E-state index contributed by atoms with van der Waals surface area (Å²) in [5, 5.41) is 1.01. The van der Waals surface area contributed by atoms with Crippen LogP contribution in [0, 0.1) is 0 Å². The van der Waals surface area contributed by atoms with E-state index < -0.39 is 0 Å². The van der Waals surface area contributed by atoms with Crippen LogP contribution in [0.5, 0.6) is 0 Å². The van der Waals surface area contributed by atoms with Gasteiger partial charge in [-0.15, -0.1) is 0 Å². The van der Waals surface area contributed by atoms with Crippen molar-refractivity contribution in [3.05, 3.63) is 63.9 Å². The Morgan fingerprint density at radius 1 is 1.21 bits per heavy atom. The van der Waals surface area contributed by atoms with Crippen molar-refractivity contribution in [1.29, 1.82) is 0 Å². The minimum atomic E-state index is -0.168. The number of benzene rings is 1. The normalized spacial score (nSPS) is 17.8. The van der Waals surface area contributed by atoms with Crippen molar-refractivity contribution >= 4 is 29.1 Å². The Balaban J connectivity index is 1.60. The summed E-state index contributed by atoms with van der Waals surface area (Å²) in [7, 11) is 0. The number of amides is 1. The molecule has 1 unspecified atom stereocenters. The smallest absolute Gasteiger partial charge is 0.223 e. The molecule has 1 fully saturated rings. The summed E-state index contributed by atoms with van der Waals surface area (Å²) >= 11 is 12.0. The number of aryl methyl sites for hydroxylation is 1. The van der Waals surface area contributed by atoms with Gasteiger partial charge in [-0.05, 0) is 41.8 Å². The highest BCUT2D eigenvalue weighted by atomic mass is 35.5. The fraction of sp³-hybridized carbons (Fsp3) is 0.333. The zero-order chi connectivity index (χ0) is 16.9. The van der Waals surface area contributed by atoms with Crippen molar-refractivity contribution in [2.45, 2.75) is 18.9 Å². The molecule has 24 heavy (non-hydrogen) atoms. The summed E-state index contributed by atoms with van der Waals surface area (Å²) in [4.78, 5) is 18.3. The number of hydrogen-bond donors (Lipinski definition) is 0. The molecule has 2 heterocycles. The first-order chi connectivity index (χ1) is 11.6. The van der Waals surface area contributed by atoms with E-state index in [1.54, 1.807) is 24.5 Å². The van der Waals surface area contributed by atoms with Crippen LogP contribution in [0.4, 0.5) is 0 Å². The molecule has 1 aromatic carbocycles. The van der Waals surface area contributed by atoms with Crippen molar-refractivity contribution in [3.63, 3.8) is 0 Å². The first-order valence-electron chi connectivity index (χ1n) is 7.87. The molecule has 0 bridgehead atoms. The van der Waals surface area contributed by atoms with Crippen LogP contribution in [0.1, 0.15) is 23.7 Å². The number of morpholine rings is 1. The van der Waals surface area contributed by atoms with E-state index in [4.69, 9.17) is 27.9 Å². The zero-order valence-electron chi connectivity index (χ0n) is 13.1. The summed E-state index contributed by atoms with van der Waals surface area (Å²) in [6.07, 6.45) is 4.52. The molecule has 6 heteroatoms. The van der Waals surface area contributed by atoms with E-state index in [1.165, 1.54) is 0 Å². The van der Waals surface area contributed by atoms with Crippen LogP contribution >= 0.6 is 23.2 Å². The SMILES string of the molecule is O=C(CCc1ccncc1)N1CCOC(c2ccc(Cl)c(Cl)c2)C1. The van der Waals surface area contributed by atoms with E-state index in [0.29, 0.717) is 36.2 Å². The lowest BCUT2D eigenvalue weighted by Gasteiger charge is -2.33. The third kappa shape index (κ3) is 4.26. The lowest BCUT2D eigenvalue weighted by atomic mass is 10.1. The molecule has 1 aliphatic heterocycles. The number of nitrogens with zero attached hydrogens (tertiary/aromatic N) is 2. The Hall–Kier alpha value is -1.62. The van der Waals surface area contributed by atoms with E-state index in [1.807, 2.05) is 23.1 Å². The summed E-state index contributed by atoms with van der Waals surface area (Å²) in [5.41, 5.74) is 2.06. The largest absolute Gasteiger partial charge is 0.370 e. The third-order valence-corrected chi connectivity index (χ3v) is 4.85. The molecule has 1 aromatic heterocycles. The molecular weight excluding hydrogens is 347 g/mol. The highest BCUT2D eigenvalue weighted by Gasteiger charge is 2.25. The summed E-state index contributed by atoms with van der Waals surface area (Å²) in [6, 6.07) is 9.33. The molecule has 2 aromatic rings. The number of ether oxygens (including phenoxy) is 1. The number of halogens is 2. The van der Waals surface area contributed by atoms with Crippen LogP contribution < -0.4 is 0 Å². The second-order valence-corrected chi connectivity index (χ2v) is 6.54. The molecule has 1 saturated heterocycles. The van der Waals surface area contributed by atoms with Gasteiger partial charge >= 0.3 is 0 Å². The first kappa shape index (κ1) is 17.2. The number of rotatable bonds is 4. The average Bonchev–Trinajstić information content (AvgIpc) is 2.63. The van der Waals surface area contributed by atoms with Crippen molar-refractivity contribution in [3.8, 4) is 0 Å². The Morgan fingerprint density at radius 3 is 2.75 bits per heavy atom. The van der Waals surface area contributed by atoms with Gasteiger partial charge < -0.3 is 9.64 Å². The summed E-state index contributed by atoms with van der Waals surface area (Å²) in [6.45, 7) is 1.67. The molecular formula is C18H18Cl2N2O2. The van der Waals surface area contributed by atoms with Gasteiger partial charge in [-0.2, -0.15) is 0 Å². The average molecular weight is 365 g/mol. The Bertz CT molecular complexity index is 709. The molecule has 3 rings (SSSR count). The minimum Gasteiger partial charge on any atom is -0.370 e. The van der Waals surface area contributed by atoms with Crippen molar-refractivity contribution in [2.75, 3.05) is 19.7 Å². The van der Waals surface area contributed by atoms with Gasteiger partial charge in [0.05, 0.1) is 23.2 Å². The van der Waals surface area contributed by atoms with E-state index in [2.05, 4.69) is 4.98 Å². The highest BCUT2D eigenvalue weighted by Crippen LogP contribution is 2.29. The minimum absolute atomic E-state index is 0.139. The molecule has 0 saturated carbocycles. The van der Waals surface area contributed by atoms with Crippen molar-refractivity contribution in [1.82, 2.24) is 9.88 Å². The maximum atomic E-state index is 12.5. The Kier molecular flexibility index (Phi) is 5.72. The van der Waals surface area contributed by atoms with Gasteiger partial charge in [0.15, 0.2) is 0 Å². The van der Waals surface area contributed by atoms with Crippen molar-refractivity contribution in [2.24, 2.45) is 0 Å². The monoisotopic (exact) mass is 364 g/mol. The quantitative estimate of drug-likeness (QED) is 0.825. The fourth-order valence-electron chi connectivity index (χ4n) is 2.75. The lowest BCUT2D eigenvalue weighted by molar-refractivity contribution is -0.139. The van der Waals surface area contributed by atoms with Crippen LogP contribution in [0.2, 0.25) is 10.0 Å². The second-order valence-electron chi connectivity index (χ2n) is 5.73. The van der Waals surface area contributed by atoms with E-state index in [-0.39, 0.29) is 12.0 Å². The Morgan fingerprint density at radius 2 is 2.00 bits per heavy atom. The topological polar surface area (TPSA) is 42.4 Å². The van der Waals surface area contributed by atoms with Gasteiger partial charge in [0.1, 0.15) is 6.10 Å². The Labute approximate surface area is 151 Å². The zero-order valence-corrected chi connectivity index (χ0v) is 14.6. The van der Waals surface area contributed by atoms with Crippen LogP contribution in [-0.2, 0) is 16.0 Å². The molecule has 1 amide bonds. The number of hydrogen-bond acceptors (Lipinski definition) is 3. The van der Waals surface area contributed by atoms with E-state index >= 15 is 0 Å². The number of carbonyl (C=O) groups is 1. The second kappa shape index (κ2) is 7.97. The van der Waals surface area contributed by atoms with E-state index in [9.17, 15) is 4.79 Å². The standard InChI is InChI=1S/C18H18Cl2N2O2/c19-15-3-2-14(11-16(15)20)17-12-22(9-10-24-17)18(23)4-1-13-5-7-21-8-6-13/h2-3,5-8,11,17H,1,4,9-10,12H2. The van der Waals surface area contributed by atoms with Gasteiger partial charge in [0, 0.05) is 25.4 Å².